The third-order valence-corrected chi connectivity index (χ3v) is 4.47. The van der Waals surface area contributed by atoms with Crippen LogP contribution in [0.5, 0.6) is 0 Å². The Hall–Kier alpha value is -0.650. The first-order chi connectivity index (χ1) is 8.25. The molecule has 3 fully saturated rings. The fourth-order valence-corrected chi connectivity index (χ4v) is 3.59. The van der Waals surface area contributed by atoms with Gasteiger partial charge in [-0.3, -0.25) is 9.69 Å². The zero-order valence-corrected chi connectivity index (χ0v) is 10.0. The minimum atomic E-state index is -0.731. The van der Waals surface area contributed by atoms with Crippen molar-refractivity contribution in [2.24, 2.45) is 5.92 Å². The Morgan fingerprint density at radius 3 is 2.88 bits per heavy atom. The molecule has 4 atom stereocenters. The summed E-state index contributed by atoms with van der Waals surface area (Å²) in [6, 6.07) is 0.0275. The number of carboxylic acid groups (broad SMARTS) is 1. The summed E-state index contributed by atoms with van der Waals surface area (Å²) in [7, 11) is 0. The minimum absolute atomic E-state index is 0.349. The number of ether oxygens (including phenoxy) is 1. The van der Waals surface area contributed by atoms with E-state index in [4.69, 9.17) is 4.74 Å². The molecule has 3 aliphatic rings. The summed E-state index contributed by atoms with van der Waals surface area (Å²) in [5.74, 6) is -0.0613. The number of carboxylic acids is 1. The maximum atomic E-state index is 11.3. The Morgan fingerprint density at radius 1 is 1.24 bits per heavy atom. The predicted molar refractivity (Wildman–Crippen MR) is 61.9 cm³/mol. The number of piperidine rings is 1. The molecule has 96 valence electrons. The van der Waals surface area contributed by atoms with Crippen molar-refractivity contribution in [3.05, 3.63) is 0 Å². The van der Waals surface area contributed by atoms with Crippen molar-refractivity contribution in [1.82, 2.24) is 9.80 Å². The molecule has 0 spiro atoms. The highest BCUT2D eigenvalue weighted by atomic mass is 16.5. The Labute approximate surface area is 101 Å². The largest absolute Gasteiger partial charge is 0.480 e. The predicted octanol–water partition coefficient (Wildman–Crippen LogP) is -0.134. The van der Waals surface area contributed by atoms with Crippen molar-refractivity contribution >= 4 is 5.97 Å². The van der Waals surface area contributed by atoms with Gasteiger partial charge >= 0.3 is 5.97 Å². The standard InChI is InChI=1S/C12H20N2O3/c15-12(16)11-8-17-6-5-14(11)10-2-4-13-3-1-9(10)7-13/h9-11H,1-8H2,(H,15,16). The van der Waals surface area contributed by atoms with Gasteiger partial charge in [0, 0.05) is 19.1 Å². The normalized spacial score (nSPS) is 42.6. The highest BCUT2D eigenvalue weighted by Gasteiger charge is 2.42. The van der Waals surface area contributed by atoms with Gasteiger partial charge in [0.25, 0.3) is 0 Å². The van der Waals surface area contributed by atoms with E-state index < -0.39 is 12.0 Å². The minimum Gasteiger partial charge on any atom is -0.480 e. The molecule has 2 bridgehead atoms. The lowest BCUT2D eigenvalue weighted by molar-refractivity contribution is -0.153. The van der Waals surface area contributed by atoms with Crippen LogP contribution < -0.4 is 0 Å². The molecule has 0 aromatic carbocycles. The zero-order chi connectivity index (χ0) is 11.8. The van der Waals surface area contributed by atoms with Crippen LogP contribution in [0.2, 0.25) is 0 Å². The van der Waals surface area contributed by atoms with Crippen LogP contribution in [0.4, 0.5) is 0 Å². The fraction of sp³-hybridized carbons (Fsp3) is 0.917. The van der Waals surface area contributed by atoms with Gasteiger partial charge in [0.15, 0.2) is 0 Å². The molecule has 3 aliphatic heterocycles. The van der Waals surface area contributed by atoms with Crippen molar-refractivity contribution in [3.8, 4) is 0 Å². The van der Waals surface area contributed by atoms with E-state index in [1.807, 2.05) is 0 Å². The molecule has 17 heavy (non-hydrogen) atoms. The first-order valence-corrected chi connectivity index (χ1v) is 6.54. The molecule has 5 heteroatoms. The maximum absolute atomic E-state index is 11.3. The number of fused-ring (bicyclic) bond motifs is 2. The van der Waals surface area contributed by atoms with Crippen LogP contribution in [0.15, 0.2) is 0 Å². The van der Waals surface area contributed by atoms with E-state index in [9.17, 15) is 9.90 Å². The number of morpholine rings is 1. The number of nitrogens with zero attached hydrogens (tertiary/aromatic N) is 2. The third-order valence-electron chi connectivity index (χ3n) is 4.47. The first kappa shape index (κ1) is 11.4. The summed E-state index contributed by atoms with van der Waals surface area (Å²) in [4.78, 5) is 16.0. The second kappa shape index (κ2) is 4.55. The van der Waals surface area contributed by atoms with Gasteiger partial charge in [-0.05, 0) is 31.8 Å². The Kier molecular flexibility index (Phi) is 3.06. The van der Waals surface area contributed by atoms with E-state index in [2.05, 4.69) is 9.80 Å². The molecule has 4 unspecified atom stereocenters. The van der Waals surface area contributed by atoms with Crippen molar-refractivity contribution in [1.29, 1.82) is 0 Å². The summed E-state index contributed by atoms with van der Waals surface area (Å²) >= 11 is 0. The summed E-state index contributed by atoms with van der Waals surface area (Å²) < 4.78 is 5.31. The van der Waals surface area contributed by atoms with Crippen LogP contribution >= 0.6 is 0 Å². The monoisotopic (exact) mass is 240 g/mol. The average molecular weight is 240 g/mol. The van der Waals surface area contributed by atoms with Gasteiger partial charge in [-0.25, -0.2) is 0 Å². The van der Waals surface area contributed by atoms with E-state index in [1.54, 1.807) is 0 Å². The van der Waals surface area contributed by atoms with E-state index in [0.29, 0.717) is 25.2 Å². The molecule has 0 aromatic rings. The van der Waals surface area contributed by atoms with Crippen molar-refractivity contribution in [3.63, 3.8) is 0 Å². The lowest BCUT2D eigenvalue weighted by atomic mass is 9.91. The van der Waals surface area contributed by atoms with Crippen LogP contribution in [0.1, 0.15) is 12.8 Å². The van der Waals surface area contributed by atoms with Crippen molar-refractivity contribution < 1.29 is 14.6 Å². The van der Waals surface area contributed by atoms with Gasteiger partial charge in [-0.2, -0.15) is 0 Å². The molecule has 3 rings (SSSR count). The van der Waals surface area contributed by atoms with E-state index >= 15 is 0 Å². The summed E-state index contributed by atoms with van der Waals surface area (Å²) in [5, 5.41) is 9.28. The number of hydrogen-bond donors (Lipinski definition) is 1. The van der Waals surface area contributed by atoms with Crippen LogP contribution in [0.3, 0.4) is 0 Å². The SMILES string of the molecule is O=C(O)C1COCCN1C1CCN2CCC1C2. The van der Waals surface area contributed by atoms with Crippen LogP contribution in [0, 0.1) is 5.92 Å². The van der Waals surface area contributed by atoms with Crippen LogP contribution in [-0.4, -0.2) is 72.4 Å². The molecule has 0 aromatic heterocycles. The lowest BCUT2D eigenvalue weighted by Crippen LogP contribution is -2.58. The van der Waals surface area contributed by atoms with E-state index in [0.717, 1.165) is 26.1 Å². The van der Waals surface area contributed by atoms with Gasteiger partial charge in [0.05, 0.1) is 13.2 Å². The Bertz CT molecular complexity index is 310. The topological polar surface area (TPSA) is 53.0 Å². The molecule has 0 aliphatic carbocycles. The third kappa shape index (κ3) is 2.07. The van der Waals surface area contributed by atoms with Gasteiger partial charge in [0.2, 0.25) is 0 Å². The molecule has 3 saturated heterocycles. The van der Waals surface area contributed by atoms with Crippen LogP contribution in [0.25, 0.3) is 0 Å². The molecule has 0 amide bonds. The second-order valence-electron chi connectivity index (χ2n) is 5.37. The highest BCUT2D eigenvalue weighted by molar-refractivity contribution is 5.73. The maximum Gasteiger partial charge on any atom is 0.323 e. The molecule has 3 heterocycles. The number of aliphatic carboxylic acids is 1. The number of carbonyl (C=O) groups is 1. The van der Waals surface area contributed by atoms with Crippen molar-refractivity contribution in [2.75, 3.05) is 39.4 Å². The lowest BCUT2D eigenvalue weighted by Gasteiger charge is -2.43. The average Bonchev–Trinajstić information content (AvgIpc) is 2.71. The van der Waals surface area contributed by atoms with E-state index in [1.165, 1.54) is 13.0 Å². The van der Waals surface area contributed by atoms with Crippen molar-refractivity contribution in [2.45, 2.75) is 24.9 Å². The summed E-state index contributed by atoms with van der Waals surface area (Å²) in [6.45, 7) is 5.29. The van der Waals surface area contributed by atoms with Crippen LogP contribution in [-0.2, 0) is 9.53 Å². The summed E-state index contributed by atoms with van der Waals surface area (Å²) in [6.07, 6.45) is 2.35. The Balaban J connectivity index is 1.74. The fourth-order valence-electron chi connectivity index (χ4n) is 3.59. The van der Waals surface area contributed by atoms with Gasteiger partial charge < -0.3 is 14.7 Å². The summed E-state index contributed by atoms with van der Waals surface area (Å²) in [5.41, 5.74) is 0. The first-order valence-electron chi connectivity index (χ1n) is 6.54. The Morgan fingerprint density at radius 2 is 2.06 bits per heavy atom. The highest BCUT2D eigenvalue weighted by Crippen LogP contribution is 2.32. The molecular formula is C12H20N2O3. The molecule has 0 saturated carbocycles. The molecular weight excluding hydrogens is 220 g/mol. The van der Waals surface area contributed by atoms with E-state index in [-0.39, 0.29) is 0 Å². The quantitative estimate of drug-likeness (QED) is 0.728. The number of rotatable bonds is 2. The molecule has 5 nitrogen and oxygen atoms in total. The van der Waals surface area contributed by atoms with Gasteiger partial charge in [-0.15, -0.1) is 0 Å². The molecule has 1 N–H and O–H groups in total. The second-order valence-corrected chi connectivity index (χ2v) is 5.37. The molecule has 0 radical (unpaired) electrons. The zero-order valence-electron chi connectivity index (χ0n) is 10.0. The van der Waals surface area contributed by atoms with Gasteiger partial charge in [-0.1, -0.05) is 0 Å². The number of hydrogen-bond acceptors (Lipinski definition) is 4. The van der Waals surface area contributed by atoms with Gasteiger partial charge in [0.1, 0.15) is 6.04 Å². The smallest absolute Gasteiger partial charge is 0.323 e.